The fraction of sp³-hybridized carbons (Fsp3) is 0.714. The van der Waals surface area contributed by atoms with Crippen molar-refractivity contribution in [1.82, 2.24) is 20.3 Å². The molecule has 1 aliphatic heterocycles. The Hall–Kier alpha value is -1.96. The number of carbonyl (C=O) groups excluding carboxylic acids is 1. The van der Waals surface area contributed by atoms with Crippen LogP contribution in [0.3, 0.4) is 0 Å². The molecule has 8 nitrogen and oxygen atoms in total. The van der Waals surface area contributed by atoms with E-state index in [0.717, 1.165) is 13.1 Å². The summed E-state index contributed by atoms with van der Waals surface area (Å²) in [4.78, 5) is 26.6. The number of hydrogen-bond donors (Lipinski definition) is 1. The number of amides is 1. The fourth-order valence-corrected chi connectivity index (χ4v) is 2.08. The lowest BCUT2D eigenvalue weighted by Crippen LogP contribution is -2.37. The number of ether oxygens (including phenoxy) is 2. The monoisotopic (exact) mass is 309 g/mol. The number of morpholine rings is 1. The molecule has 122 valence electrons. The number of aromatic nitrogens is 3. The van der Waals surface area contributed by atoms with E-state index in [4.69, 9.17) is 9.47 Å². The SMILES string of the molecule is COc1nc(CNC(=O)CC(C)C)nc(N2CCOCC2)n1. The standard InChI is InChI=1S/C14H23N5O3/c1-10(2)8-12(20)15-9-11-16-13(18-14(17-11)21-3)19-4-6-22-7-5-19/h10H,4-9H2,1-3H3,(H,15,20). The highest BCUT2D eigenvalue weighted by molar-refractivity contribution is 5.75. The molecule has 2 heterocycles. The fourth-order valence-electron chi connectivity index (χ4n) is 2.08. The number of rotatable bonds is 6. The minimum atomic E-state index is -0.0118. The van der Waals surface area contributed by atoms with Crippen LogP contribution in [0.5, 0.6) is 6.01 Å². The van der Waals surface area contributed by atoms with Crippen molar-refractivity contribution >= 4 is 11.9 Å². The maximum absolute atomic E-state index is 11.7. The van der Waals surface area contributed by atoms with Crippen LogP contribution in [0, 0.1) is 5.92 Å². The van der Waals surface area contributed by atoms with Gasteiger partial charge in [-0.25, -0.2) is 0 Å². The number of anilines is 1. The van der Waals surface area contributed by atoms with E-state index in [1.165, 1.54) is 7.11 Å². The summed E-state index contributed by atoms with van der Waals surface area (Å²) >= 11 is 0. The molecule has 1 aromatic heterocycles. The highest BCUT2D eigenvalue weighted by atomic mass is 16.5. The molecule has 1 amide bonds. The molecule has 0 spiro atoms. The average molecular weight is 309 g/mol. The van der Waals surface area contributed by atoms with Crippen molar-refractivity contribution < 1.29 is 14.3 Å². The molecule has 2 rings (SSSR count). The maximum Gasteiger partial charge on any atom is 0.321 e. The first-order valence-corrected chi connectivity index (χ1v) is 7.47. The molecular weight excluding hydrogens is 286 g/mol. The Morgan fingerprint density at radius 3 is 2.68 bits per heavy atom. The van der Waals surface area contributed by atoms with E-state index >= 15 is 0 Å². The summed E-state index contributed by atoms with van der Waals surface area (Å²) in [5.41, 5.74) is 0. The Labute approximate surface area is 130 Å². The zero-order valence-electron chi connectivity index (χ0n) is 13.3. The Morgan fingerprint density at radius 1 is 1.32 bits per heavy atom. The molecule has 8 heteroatoms. The molecule has 22 heavy (non-hydrogen) atoms. The number of carbonyl (C=O) groups is 1. The van der Waals surface area contributed by atoms with E-state index in [1.54, 1.807) is 0 Å². The second kappa shape index (κ2) is 7.88. The van der Waals surface area contributed by atoms with Gasteiger partial charge in [-0.2, -0.15) is 15.0 Å². The summed E-state index contributed by atoms with van der Waals surface area (Å²) in [6.07, 6.45) is 0.485. The zero-order chi connectivity index (χ0) is 15.9. The third-order valence-corrected chi connectivity index (χ3v) is 3.16. The van der Waals surface area contributed by atoms with Gasteiger partial charge in [-0.1, -0.05) is 13.8 Å². The van der Waals surface area contributed by atoms with Crippen LogP contribution >= 0.6 is 0 Å². The largest absolute Gasteiger partial charge is 0.467 e. The van der Waals surface area contributed by atoms with Crippen molar-refractivity contribution in [2.45, 2.75) is 26.8 Å². The number of methoxy groups -OCH3 is 1. The summed E-state index contributed by atoms with van der Waals surface area (Å²) in [7, 11) is 1.51. The summed E-state index contributed by atoms with van der Waals surface area (Å²) in [6.45, 7) is 7.02. The molecule has 0 radical (unpaired) electrons. The van der Waals surface area contributed by atoms with E-state index in [9.17, 15) is 4.79 Å². The summed E-state index contributed by atoms with van der Waals surface area (Å²) in [6, 6.07) is 0.254. The summed E-state index contributed by atoms with van der Waals surface area (Å²) in [5, 5.41) is 2.82. The molecule has 0 aromatic carbocycles. The number of hydrogen-bond acceptors (Lipinski definition) is 7. The third kappa shape index (κ3) is 4.80. The molecule has 0 bridgehead atoms. The smallest absolute Gasteiger partial charge is 0.321 e. The molecule has 0 unspecified atom stereocenters. The molecule has 1 aromatic rings. The van der Waals surface area contributed by atoms with Crippen molar-refractivity contribution in [3.05, 3.63) is 5.82 Å². The van der Waals surface area contributed by atoms with Crippen LogP contribution in [0.4, 0.5) is 5.95 Å². The second-order valence-electron chi connectivity index (χ2n) is 5.51. The molecule has 0 atom stereocenters. The van der Waals surface area contributed by atoms with Crippen molar-refractivity contribution in [2.75, 3.05) is 38.3 Å². The van der Waals surface area contributed by atoms with Crippen molar-refractivity contribution in [2.24, 2.45) is 5.92 Å². The molecule has 1 N–H and O–H groups in total. The lowest BCUT2D eigenvalue weighted by molar-refractivity contribution is -0.122. The lowest BCUT2D eigenvalue weighted by Gasteiger charge is -2.26. The van der Waals surface area contributed by atoms with Crippen molar-refractivity contribution in [3.8, 4) is 6.01 Å². The molecule has 0 aliphatic carbocycles. The molecule has 1 saturated heterocycles. The van der Waals surface area contributed by atoms with Crippen LogP contribution in [0.2, 0.25) is 0 Å². The van der Waals surface area contributed by atoms with E-state index in [1.807, 2.05) is 18.7 Å². The van der Waals surface area contributed by atoms with Gasteiger partial charge in [-0.15, -0.1) is 0 Å². The van der Waals surface area contributed by atoms with Crippen LogP contribution in [-0.4, -0.2) is 54.3 Å². The Balaban J connectivity index is 2.05. The van der Waals surface area contributed by atoms with Crippen molar-refractivity contribution in [3.63, 3.8) is 0 Å². The third-order valence-electron chi connectivity index (χ3n) is 3.16. The predicted molar refractivity (Wildman–Crippen MR) is 80.7 cm³/mol. The molecule has 1 aliphatic rings. The first kappa shape index (κ1) is 16.4. The van der Waals surface area contributed by atoms with Gasteiger partial charge in [0, 0.05) is 19.5 Å². The Morgan fingerprint density at radius 2 is 2.05 bits per heavy atom. The van der Waals surface area contributed by atoms with Gasteiger partial charge in [0.25, 0.3) is 0 Å². The molecule has 1 fully saturated rings. The maximum atomic E-state index is 11.7. The van der Waals surface area contributed by atoms with Gasteiger partial charge < -0.3 is 19.7 Å². The predicted octanol–water partition coefficient (Wildman–Crippen LogP) is 0.379. The van der Waals surface area contributed by atoms with E-state index < -0.39 is 0 Å². The quantitative estimate of drug-likeness (QED) is 0.812. The van der Waals surface area contributed by atoms with E-state index in [-0.39, 0.29) is 18.5 Å². The first-order chi connectivity index (χ1) is 10.6. The van der Waals surface area contributed by atoms with Crippen LogP contribution < -0.4 is 15.0 Å². The van der Waals surface area contributed by atoms with E-state index in [0.29, 0.717) is 37.3 Å². The Kier molecular flexibility index (Phi) is 5.88. The molecule has 0 saturated carbocycles. The summed E-state index contributed by atoms with van der Waals surface area (Å²) in [5.74, 6) is 1.35. The van der Waals surface area contributed by atoms with E-state index in [2.05, 4.69) is 20.3 Å². The normalized spacial score (nSPS) is 15.0. The van der Waals surface area contributed by atoms with Gasteiger partial charge in [0.05, 0.1) is 26.9 Å². The van der Waals surface area contributed by atoms with Gasteiger partial charge in [0.1, 0.15) is 0 Å². The van der Waals surface area contributed by atoms with Crippen LogP contribution in [-0.2, 0) is 16.1 Å². The zero-order valence-corrected chi connectivity index (χ0v) is 13.3. The lowest BCUT2D eigenvalue weighted by atomic mass is 10.1. The minimum absolute atomic E-state index is 0.0118. The van der Waals surface area contributed by atoms with Gasteiger partial charge in [-0.3, -0.25) is 4.79 Å². The van der Waals surface area contributed by atoms with Gasteiger partial charge in [0.2, 0.25) is 11.9 Å². The molecular formula is C14H23N5O3. The highest BCUT2D eigenvalue weighted by Gasteiger charge is 2.17. The number of nitrogens with one attached hydrogen (secondary N) is 1. The van der Waals surface area contributed by atoms with Crippen LogP contribution in [0.25, 0.3) is 0 Å². The van der Waals surface area contributed by atoms with Crippen LogP contribution in [0.15, 0.2) is 0 Å². The topological polar surface area (TPSA) is 89.5 Å². The van der Waals surface area contributed by atoms with Crippen molar-refractivity contribution in [1.29, 1.82) is 0 Å². The first-order valence-electron chi connectivity index (χ1n) is 7.47. The minimum Gasteiger partial charge on any atom is -0.467 e. The Bertz CT molecular complexity index is 503. The summed E-state index contributed by atoms with van der Waals surface area (Å²) < 4.78 is 10.4. The van der Waals surface area contributed by atoms with Crippen LogP contribution in [0.1, 0.15) is 26.1 Å². The number of nitrogens with zero attached hydrogens (tertiary/aromatic N) is 4. The van der Waals surface area contributed by atoms with Gasteiger partial charge in [-0.05, 0) is 5.92 Å². The van der Waals surface area contributed by atoms with Gasteiger partial charge >= 0.3 is 6.01 Å². The van der Waals surface area contributed by atoms with Gasteiger partial charge in [0.15, 0.2) is 5.82 Å². The average Bonchev–Trinajstić information content (AvgIpc) is 2.53. The highest BCUT2D eigenvalue weighted by Crippen LogP contribution is 2.13. The second-order valence-corrected chi connectivity index (χ2v) is 5.51.